The predicted molar refractivity (Wildman–Crippen MR) is 193 cm³/mol. The van der Waals surface area contributed by atoms with E-state index in [4.69, 9.17) is 23.9 Å². The van der Waals surface area contributed by atoms with Crippen LogP contribution in [0.3, 0.4) is 0 Å². The van der Waals surface area contributed by atoms with E-state index in [2.05, 4.69) is 40.3 Å². The second-order valence-corrected chi connectivity index (χ2v) is 17.3. The van der Waals surface area contributed by atoms with Crippen LogP contribution in [0.4, 0.5) is 0 Å². The molecule has 8 nitrogen and oxygen atoms in total. The second kappa shape index (κ2) is 14.0. The third-order valence-electron chi connectivity index (χ3n) is 13.6. The van der Waals surface area contributed by atoms with E-state index in [-0.39, 0.29) is 42.0 Å². The quantitative estimate of drug-likeness (QED) is 0.213. The number of rotatable bonds is 1. The summed E-state index contributed by atoms with van der Waals surface area (Å²) in [6, 6.07) is 0. The minimum atomic E-state index is -1.26. The van der Waals surface area contributed by atoms with E-state index in [1.165, 1.54) is 22.4 Å². The summed E-state index contributed by atoms with van der Waals surface area (Å²) in [6.45, 7) is 16.5. The van der Waals surface area contributed by atoms with Crippen molar-refractivity contribution < 1.29 is 34.0 Å². The average molecular weight is 692 g/mol. The van der Waals surface area contributed by atoms with Crippen LogP contribution in [0.5, 0.6) is 0 Å². The Bertz CT molecular complexity index is 1480. The number of cyclic esters (lactones) is 1. The van der Waals surface area contributed by atoms with E-state index in [1.807, 2.05) is 13.0 Å². The smallest absolute Gasteiger partial charge is 0.334 e. The zero-order valence-electron chi connectivity index (χ0n) is 31.2. The van der Waals surface area contributed by atoms with Crippen LogP contribution < -0.4 is 0 Å². The molecule has 276 valence electrons. The first-order valence-electron chi connectivity index (χ1n) is 19.7. The molecule has 50 heavy (non-hydrogen) atoms. The molecule has 3 saturated heterocycles. The standard InChI is InChI=1S/C42H61NO7/c1-25-8-7-9-37-40(21-28(4)29(5)24-43-37)16-15-34(36-20-27(3)39(46)47-36)30(6)35(40)19-26(2)10-11-32-14-17-41(48-32)22-31(44)23-42(50-41)38(45)13-12-33(18-25)49-42/h19-20,28-29,31-33,35-36,38,44-45H,1,7-18,21-24H2,2-6H3. The van der Waals surface area contributed by atoms with Crippen LogP contribution in [0.25, 0.3) is 0 Å². The van der Waals surface area contributed by atoms with Gasteiger partial charge in [-0.15, -0.1) is 0 Å². The Morgan fingerprint density at radius 3 is 2.48 bits per heavy atom. The summed E-state index contributed by atoms with van der Waals surface area (Å²) in [6.07, 6.45) is 14.3. The topological polar surface area (TPSA) is 107 Å². The van der Waals surface area contributed by atoms with Crippen LogP contribution in [0.2, 0.25) is 0 Å². The SMILES string of the molecule is C=C1CCCC2=NCC(C)C(C)CC23CCC(C2C=C(C)C(=O)O2)=C(C)C3C=C(C)CCC2CCC3(CC(O)CC4(OC(CCC4O)C1)O3)O2. The minimum Gasteiger partial charge on any atom is -0.450 e. The van der Waals surface area contributed by atoms with Crippen molar-refractivity contribution in [2.45, 2.75) is 173 Å². The first-order valence-corrected chi connectivity index (χ1v) is 19.7. The molecule has 0 radical (unpaired) electrons. The summed E-state index contributed by atoms with van der Waals surface area (Å²) in [5.74, 6) is -1.21. The number of aliphatic imine (C=N–C) groups is 1. The van der Waals surface area contributed by atoms with Gasteiger partial charge in [0, 0.05) is 48.4 Å². The Labute approximate surface area is 299 Å². The van der Waals surface area contributed by atoms with Gasteiger partial charge in [-0.3, -0.25) is 4.99 Å². The average Bonchev–Trinajstić information content (AvgIpc) is 3.57. The lowest BCUT2D eigenvalue weighted by molar-refractivity contribution is -0.425. The summed E-state index contributed by atoms with van der Waals surface area (Å²) in [5.41, 5.74) is 7.03. The number of esters is 1. The monoisotopic (exact) mass is 691 g/mol. The van der Waals surface area contributed by atoms with Crippen molar-refractivity contribution in [1.82, 2.24) is 0 Å². The van der Waals surface area contributed by atoms with Gasteiger partial charge in [-0.05, 0) is 121 Å². The lowest BCUT2D eigenvalue weighted by Gasteiger charge is -2.52. The number of fused-ring (bicyclic) bond motifs is 2. The van der Waals surface area contributed by atoms with Gasteiger partial charge in [0.2, 0.25) is 0 Å². The van der Waals surface area contributed by atoms with Crippen molar-refractivity contribution in [2.24, 2.45) is 28.2 Å². The second-order valence-electron chi connectivity index (χ2n) is 17.3. The molecule has 0 aromatic heterocycles. The Balaban J connectivity index is 1.25. The highest BCUT2D eigenvalue weighted by Gasteiger charge is 2.59. The van der Waals surface area contributed by atoms with Crippen LogP contribution in [0.15, 0.2) is 51.6 Å². The summed E-state index contributed by atoms with van der Waals surface area (Å²) in [5, 5.41) is 22.4. The lowest BCUT2D eigenvalue weighted by Crippen LogP contribution is -2.63. The van der Waals surface area contributed by atoms with Crippen molar-refractivity contribution in [2.75, 3.05) is 6.54 Å². The molecule has 8 heteroatoms. The molecule has 0 amide bonds. The first kappa shape index (κ1) is 36.3. The molecule has 1 aliphatic carbocycles. The van der Waals surface area contributed by atoms with E-state index in [1.54, 1.807) is 0 Å². The molecule has 7 rings (SSSR count). The number of hydrogen-bond acceptors (Lipinski definition) is 8. The van der Waals surface area contributed by atoms with E-state index in [0.29, 0.717) is 43.1 Å². The number of carbonyl (C=O) groups is 1. The first-order chi connectivity index (χ1) is 23.8. The van der Waals surface area contributed by atoms with E-state index in [0.717, 1.165) is 76.3 Å². The van der Waals surface area contributed by atoms with Gasteiger partial charge in [-0.25, -0.2) is 4.79 Å². The van der Waals surface area contributed by atoms with E-state index < -0.39 is 23.8 Å². The Hall–Kier alpha value is -2.10. The van der Waals surface area contributed by atoms with Crippen LogP contribution in [0.1, 0.15) is 131 Å². The maximum Gasteiger partial charge on any atom is 0.334 e. The van der Waals surface area contributed by atoms with Gasteiger partial charge in [0.25, 0.3) is 0 Å². The molecule has 3 spiro atoms. The van der Waals surface area contributed by atoms with Gasteiger partial charge >= 0.3 is 5.97 Å². The Morgan fingerprint density at radius 2 is 1.70 bits per heavy atom. The zero-order chi connectivity index (χ0) is 35.4. The summed E-state index contributed by atoms with van der Waals surface area (Å²) in [4.78, 5) is 18.0. The number of ether oxygens (including phenoxy) is 4. The number of hydrogen-bond donors (Lipinski definition) is 2. The maximum absolute atomic E-state index is 12.5. The molecule has 0 saturated carbocycles. The molecule has 6 heterocycles. The van der Waals surface area contributed by atoms with Gasteiger partial charge < -0.3 is 29.2 Å². The fourth-order valence-corrected chi connectivity index (χ4v) is 10.5. The largest absolute Gasteiger partial charge is 0.450 e. The molecule has 0 aromatic carbocycles. The molecular weight excluding hydrogens is 630 g/mol. The van der Waals surface area contributed by atoms with Crippen LogP contribution in [-0.2, 0) is 23.7 Å². The van der Waals surface area contributed by atoms with Crippen molar-refractivity contribution in [1.29, 1.82) is 0 Å². The normalized spacial score (nSPS) is 44.7. The molecular formula is C42H61NO7. The van der Waals surface area contributed by atoms with Gasteiger partial charge in [0.15, 0.2) is 11.6 Å². The van der Waals surface area contributed by atoms with E-state index >= 15 is 0 Å². The molecule has 0 aromatic rings. The van der Waals surface area contributed by atoms with Crippen molar-refractivity contribution in [3.63, 3.8) is 0 Å². The maximum atomic E-state index is 12.5. The highest BCUT2D eigenvalue weighted by atomic mass is 16.8. The van der Waals surface area contributed by atoms with Crippen LogP contribution in [-0.4, -0.2) is 70.5 Å². The van der Waals surface area contributed by atoms with Crippen LogP contribution >= 0.6 is 0 Å². The highest BCUT2D eigenvalue weighted by Crippen LogP contribution is 2.55. The number of aliphatic hydroxyl groups excluding tert-OH is 2. The van der Waals surface area contributed by atoms with Gasteiger partial charge in [-0.1, -0.05) is 43.2 Å². The molecule has 11 unspecified atom stereocenters. The Kier molecular flexibility index (Phi) is 10.2. The molecule has 2 N–H and O–H groups in total. The fraction of sp³-hybridized carbons (Fsp3) is 0.762. The van der Waals surface area contributed by atoms with Crippen molar-refractivity contribution in [3.05, 3.63) is 46.6 Å². The van der Waals surface area contributed by atoms with Gasteiger partial charge in [0.05, 0.1) is 18.3 Å². The van der Waals surface area contributed by atoms with Gasteiger partial charge in [0.1, 0.15) is 12.2 Å². The molecule has 11 atom stereocenters. The molecule has 6 aliphatic heterocycles. The summed E-state index contributed by atoms with van der Waals surface area (Å²) in [7, 11) is 0. The zero-order valence-corrected chi connectivity index (χ0v) is 31.2. The van der Waals surface area contributed by atoms with Crippen molar-refractivity contribution in [3.8, 4) is 0 Å². The fourth-order valence-electron chi connectivity index (χ4n) is 10.5. The van der Waals surface area contributed by atoms with E-state index in [9.17, 15) is 15.0 Å². The van der Waals surface area contributed by atoms with Gasteiger partial charge in [-0.2, -0.15) is 0 Å². The van der Waals surface area contributed by atoms with Crippen LogP contribution in [0, 0.1) is 23.2 Å². The highest BCUT2D eigenvalue weighted by molar-refractivity contribution is 5.92. The number of nitrogens with zero attached hydrogens (tertiary/aromatic N) is 1. The third-order valence-corrected chi connectivity index (χ3v) is 13.6. The number of aliphatic hydroxyl groups is 2. The Morgan fingerprint density at radius 1 is 0.880 bits per heavy atom. The minimum absolute atomic E-state index is 0.00602. The summed E-state index contributed by atoms with van der Waals surface area (Å²) < 4.78 is 26.0. The molecule has 3 fully saturated rings. The van der Waals surface area contributed by atoms with Crippen molar-refractivity contribution >= 4 is 11.7 Å². The molecule has 7 aliphatic rings. The molecule has 4 bridgehead atoms. The number of carbonyl (C=O) groups excluding carboxylic acids is 1. The number of allylic oxidation sites excluding steroid dienone is 3. The lowest BCUT2D eigenvalue weighted by atomic mass is 9.56. The third kappa shape index (κ3) is 6.89. The summed E-state index contributed by atoms with van der Waals surface area (Å²) >= 11 is 0. The predicted octanol–water partition coefficient (Wildman–Crippen LogP) is 7.83.